The van der Waals surface area contributed by atoms with Gasteiger partial charge in [0, 0.05) is 12.1 Å². The Morgan fingerprint density at radius 1 is 1.71 bits per heavy atom. The van der Waals surface area contributed by atoms with Gasteiger partial charge in [0.1, 0.15) is 6.73 Å². The zero-order chi connectivity index (χ0) is 5.11. The predicted molar refractivity (Wildman–Crippen MR) is 28.5 cm³/mol. The van der Waals surface area contributed by atoms with E-state index in [2.05, 4.69) is 4.99 Å². The van der Waals surface area contributed by atoms with E-state index in [0.717, 1.165) is 13.0 Å². The molecular formula is C5H9NO. The molecule has 0 fully saturated rings. The zero-order valence-corrected chi connectivity index (χ0v) is 4.48. The SMILES string of the molecule is CC1=NCOCC1. The van der Waals surface area contributed by atoms with Crippen molar-refractivity contribution >= 4 is 5.71 Å². The van der Waals surface area contributed by atoms with Crippen LogP contribution in [-0.2, 0) is 4.74 Å². The lowest BCUT2D eigenvalue weighted by atomic mass is 10.3. The summed E-state index contributed by atoms with van der Waals surface area (Å²) in [6, 6.07) is 0. The molecule has 0 N–H and O–H groups in total. The van der Waals surface area contributed by atoms with Gasteiger partial charge in [0.15, 0.2) is 0 Å². The molecule has 0 bridgehead atoms. The third-order valence-electron chi connectivity index (χ3n) is 1.03. The maximum absolute atomic E-state index is 4.95. The Hall–Kier alpha value is -0.370. The van der Waals surface area contributed by atoms with Crippen molar-refractivity contribution in [2.45, 2.75) is 13.3 Å². The van der Waals surface area contributed by atoms with Crippen LogP contribution in [0.4, 0.5) is 0 Å². The minimum absolute atomic E-state index is 0.575. The van der Waals surface area contributed by atoms with E-state index in [1.807, 2.05) is 6.92 Å². The maximum atomic E-state index is 4.95. The van der Waals surface area contributed by atoms with E-state index in [-0.39, 0.29) is 0 Å². The third kappa shape index (κ3) is 1.27. The van der Waals surface area contributed by atoms with Crippen molar-refractivity contribution in [2.75, 3.05) is 13.3 Å². The van der Waals surface area contributed by atoms with Gasteiger partial charge in [-0.3, -0.25) is 4.99 Å². The fourth-order valence-electron chi connectivity index (χ4n) is 0.519. The second-order valence-corrected chi connectivity index (χ2v) is 1.68. The molecule has 0 aliphatic carbocycles. The molecule has 2 nitrogen and oxygen atoms in total. The van der Waals surface area contributed by atoms with Gasteiger partial charge in [0.2, 0.25) is 0 Å². The molecule has 40 valence electrons. The summed E-state index contributed by atoms with van der Waals surface area (Å²) < 4.78 is 4.95. The Balaban J connectivity index is 2.40. The van der Waals surface area contributed by atoms with Gasteiger partial charge in [-0.1, -0.05) is 0 Å². The summed E-state index contributed by atoms with van der Waals surface area (Å²) in [5.74, 6) is 0. The highest BCUT2D eigenvalue weighted by molar-refractivity contribution is 5.82. The van der Waals surface area contributed by atoms with Gasteiger partial charge in [-0.25, -0.2) is 0 Å². The molecule has 0 spiro atoms. The van der Waals surface area contributed by atoms with Crippen LogP contribution in [0.1, 0.15) is 13.3 Å². The molecule has 0 amide bonds. The summed E-state index contributed by atoms with van der Waals surface area (Å²) in [7, 11) is 0. The predicted octanol–water partition coefficient (Wildman–Crippen LogP) is 0.825. The molecule has 1 rings (SSSR count). The molecule has 0 aromatic rings. The number of nitrogens with zero attached hydrogens (tertiary/aromatic N) is 1. The van der Waals surface area contributed by atoms with E-state index in [0.29, 0.717) is 6.73 Å². The second-order valence-electron chi connectivity index (χ2n) is 1.68. The van der Waals surface area contributed by atoms with E-state index in [4.69, 9.17) is 4.74 Å². The van der Waals surface area contributed by atoms with Gasteiger partial charge >= 0.3 is 0 Å². The molecule has 0 radical (unpaired) electrons. The van der Waals surface area contributed by atoms with E-state index in [1.54, 1.807) is 0 Å². The Morgan fingerprint density at radius 2 is 2.57 bits per heavy atom. The highest BCUT2D eigenvalue weighted by atomic mass is 16.5. The zero-order valence-electron chi connectivity index (χ0n) is 4.48. The van der Waals surface area contributed by atoms with Gasteiger partial charge in [0.25, 0.3) is 0 Å². The summed E-state index contributed by atoms with van der Waals surface area (Å²) in [5.41, 5.74) is 1.21. The molecule has 0 aromatic carbocycles. The number of aliphatic imine (C=N–C) groups is 1. The second kappa shape index (κ2) is 2.07. The van der Waals surface area contributed by atoms with Crippen LogP contribution >= 0.6 is 0 Å². The van der Waals surface area contributed by atoms with Crippen LogP contribution in [0.5, 0.6) is 0 Å². The fourth-order valence-corrected chi connectivity index (χ4v) is 0.519. The highest BCUT2D eigenvalue weighted by Gasteiger charge is 1.96. The van der Waals surface area contributed by atoms with Crippen LogP contribution in [-0.4, -0.2) is 19.0 Å². The van der Waals surface area contributed by atoms with Crippen molar-refractivity contribution < 1.29 is 4.74 Å². The lowest BCUT2D eigenvalue weighted by molar-refractivity contribution is 0.140. The minimum Gasteiger partial charge on any atom is -0.359 e. The average molecular weight is 99.1 g/mol. The summed E-state index contributed by atoms with van der Waals surface area (Å²) in [6.07, 6.45) is 1.01. The lowest BCUT2D eigenvalue weighted by Gasteiger charge is -2.06. The van der Waals surface area contributed by atoms with Crippen molar-refractivity contribution in [1.29, 1.82) is 0 Å². The first-order chi connectivity index (χ1) is 3.39. The van der Waals surface area contributed by atoms with Crippen molar-refractivity contribution in [3.05, 3.63) is 0 Å². The van der Waals surface area contributed by atoms with Crippen LogP contribution in [0.25, 0.3) is 0 Å². The summed E-state index contributed by atoms with van der Waals surface area (Å²) in [6.45, 7) is 3.46. The van der Waals surface area contributed by atoms with Crippen LogP contribution in [0.2, 0.25) is 0 Å². The van der Waals surface area contributed by atoms with E-state index < -0.39 is 0 Å². The van der Waals surface area contributed by atoms with Crippen molar-refractivity contribution in [1.82, 2.24) is 0 Å². The van der Waals surface area contributed by atoms with Crippen molar-refractivity contribution in [2.24, 2.45) is 4.99 Å². The van der Waals surface area contributed by atoms with E-state index in [9.17, 15) is 0 Å². The molecular weight excluding hydrogens is 90.1 g/mol. The van der Waals surface area contributed by atoms with Gasteiger partial charge in [0.05, 0.1) is 6.61 Å². The van der Waals surface area contributed by atoms with Gasteiger partial charge < -0.3 is 4.74 Å². The van der Waals surface area contributed by atoms with Gasteiger partial charge in [-0.2, -0.15) is 0 Å². The van der Waals surface area contributed by atoms with Crippen molar-refractivity contribution in [3.63, 3.8) is 0 Å². The normalized spacial score (nSPS) is 21.6. The number of ether oxygens (including phenoxy) is 1. The Morgan fingerprint density at radius 3 is 2.86 bits per heavy atom. The molecule has 0 saturated heterocycles. The van der Waals surface area contributed by atoms with Crippen molar-refractivity contribution in [3.8, 4) is 0 Å². The average Bonchev–Trinajstić information content (AvgIpc) is 1.69. The lowest BCUT2D eigenvalue weighted by Crippen LogP contribution is -2.08. The molecule has 1 heterocycles. The first-order valence-corrected chi connectivity index (χ1v) is 2.47. The van der Waals surface area contributed by atoms with Crippen LogP contribution < -0.4 is 0 Å². The van der Waals surface area contributed by atoms with Gasteiger partial charge in [-0.05, 0) is 6.92 Å². The third-order valence-corrected chi connectivity index (χ3v) is 1.03. The van der Waals surface area contributed by atoms with E-state index >= 15 is 0 Å². The van der Waals surface area contributed by atoms with Crippen LogP contribution in [0.3, 0.4) is 0 Å². The molecule has 1 aliphatic heterocycles. The highest BCUT2D eigenvalue weighted by Crippen LogP contribution is 1.94. The minimum atomic E-state index is 0.575. The smallest absolute Gasteiger partial charge is 0.137 e. The number of hydrogen-bond acceptors (Lipinski definition) is 2. The van der Waals surface area contributed by atoms with Crippen LogP contribution in [0, 0.1) is 0 Å². The Labute approximate surface area is 43.2 Å². The largest absolute Gasteiger partial charge is 0.359 e. The Bertz CT molecular complexity index is 88.1. The fraction of sp³-hybridized carbons (Fsp3) is 0.800. The number of hydrogen-bond donors (Lipinski definition) is 0. The summed E-state index contributed by atoms with van der Waals surface area (Å²) >= 11 is 0. The summed E-state index contributed by atoms with van der Waals surface area (Å²) in [4.78, 5) is 4.02. The standard InChI is InChI=1S/C5H9NO/c1-5-2-3-7-4-6-5/h2-4H2,1H3. The Kier molecular flexibility index (Phi) is 1.42. The molecule has 2 heteroatoms. The first-order valence-electron chi connectivity index (χ1n) is 2.47. The molecule has 0 aromatic heterocycles. The molecule has 0 unspecified atom stereocenters. The monoisotopic (exact) mass is 99.1 g/mol. The molecule has 0 atom stereocenters. The maximum Gasteiger partial charge on any atom is 0.137 e. The topological polar surface area (TPSA) is 21.6 Å². The number of rotatable bonds is 0. The first kappa shape index (κ1) is 4.78. The van der Waals surface area contributed by atoms with E-state index in [1.165, 1.54) is 5.71 Å². The summed E-state index contributed by atoms with van der Waals surface area (Å²) in [5, 5.41) is 0. The quantitative estimate of drug-likeness (QED) is 0.440. The molecule has 7 heavy (non-hydrogen) atoms. The van der Waals surface area contributed by atoms with Crippen LogP contribution in [0.15, 0.2) is 4.99 Å². The molecule has 1 aliphatic rings. The molecule has 0 saturated carbocycles. The van der Waals surface area contributed by atoms with Gasteiger partial charge in [-0.15, -0.1) is 0 Å².